The summed E-state index contributed by atoms with van der Waals surface area (Å²) in [5, 5.41) is 0. The van der Waals surface area contributed by atoms with E-state index in [-0.39, 0.29) is 33.0 Å². The minimum Gasteiger partial charge on any atom is -0.383 e. The quantitative estimate of drug-likeness (QED) is 0.638. The van der Waals surface area contributed by atoms with E-state index in [9.17, 15) is 13.2 Å². The fraction of sp³-hybridized carbons (Fsp3) is 0.444. The first-order chi connectivity index (χ1) is 7.88. The van der Waals surface area contributed by atoms with Crippen molar-refractivity contribution in [2.24, 2.45) is 0 Å². The number of hydrogen-bond donors (Lipinski definition) is 1. The van der Waals surface area contributed by atoms with Crippen molar-refractivity contribution in [1.29, 1.82) is 0 Å². The molecule has 5 nitrogen and oxygen atoms in total. The smallest absolute Gasteiger partial charge is 0.250 e. The minimum absolute atomic E-state index is 0.0499. The number of hydrogen-bond acceptors (Lipinski definition) is 5. The summed E-state index contributed by atoms with van der Waals surface area (Å²) in [5.74, 6) is -0.333. The zero-order valence-electron chi connectivity index (χ0n) is 9.32. The fourth-order valence-corrected chi connectivity index (χ4v) is 4.14. The van der Waals surface area contributed by atoms with Crippen LogP contribution in [0, 0.1) is 0 Å². The number of thiophene rings is 1. The molecule has 0 spiro atoms. The Hall–Kier alpha value is -0.470. The van der Waals surface area contributed by atoms with Crippen molar-refractivity contribution in [3.8, 4) is 0 Å². The van der Waals surface area contributed by atoms with Gasteiger partial charge in [0.1, 0.15) is 4.21 Å². The number of rotatable bonds is 6. The Balaban J connectivity index is 3.02. The first kappa shape index (κ1) is 14.6. The third-order valence-electron chi connectivity index (χ3n) is 1.89. The van der Waals surface area contributed by atoms with Crippen LogP contribution >= 0.6 is 22.9 Å². The molecule has 0 saturated heterocycles. The summed E-state index contributed by atoms with van der Waals surface area (Å²) in [6, 6.07) is 1.36. The molecule has 0 fully saturated rings. The van der Waals surface area contributed by atoms with Gasteiger partial charge in [0.25, 0.3) is 10.0 Å². The normalized spacial score (nSPS) is 11.7. The van der Waals surface area contributed by atoms with Crippen molar-refractivity contribution in [1.82, 2.24) is 4.72 Å². The van der Waals surface area contributed by atoms with Crippen LogP contribution in [0.25, 0.3) is 0 Å². The van der Waals surface area contributed by atoms with Gasteiger partial charge in [-0.05, 0) is 13.0 Å². The van der Waals surface area contributed by atoms with Crippen LogP contribution in [0.4, 0.5) is 0 Å². The summed E-state index contributed by atoms with van der Waals surface area (Å²) in [5.41, 5.74) is 0.116. The molecular formula is C9H12ClNO4S2. The summed E-state index contributed by atoms with van der Waals surface area (Å²) >= 11 is 6.59. The zero-order chi connectivity index (χ0) is 13.1. The van der Waals surface area contributed by atoms with Crippen molar-refractivity contribution in [2.75, 3.05) is 20.3 Å². The van der Waals surface area contributed by atoms with Crippen LogP contribution in [0.3, 0.4) is 0 Å². The average molecular weight is 298 g/mol. The van der Waals surface area contributed by atoms with Crippen molar-refractivity contribution in [2.45, 2.75) is 11.1 Å². The molecular weight excluding hydrogens is 286 g/mol. The number of carbonyl (C=O) groups is 1. The number of ketones is 1. The predicted molar refractivity (Wildman–Crippen MR) is 66.4 cm³/mol. The number of sulfonamides is 1. The SMILES string of the molecule is COCCNS(=O)(=O)c1sc(Cl)cc1C(C)=O. The molecule has 0 radical (unpaired) electrons. The largest absolute Gasteiger partial charge is 0.383 e. The molecule has 1 heterocycles. The molecule has 96 valence electrons. The number of ether oxygens (including phenoxy) is 1. The first-order valence-electron chi connectivity index (χ1n) is 4.67. The summed E-state index contributed by atoms with van der Waals surface area (Å²) in [7, 11) is -2.23. The Morgan fingerprint density at radius 2 is 2.24 bits per heavy atom. The molecule has 0 atom stereocenters. The van der Waals surface area contributed by atoms with Gasteiger partial charge in [0.2, 0.25) is 0 Å². The molecule has 1 aromatic rings. The Kier molecular flexibility index (Phi) is 5.08. The molecule has 1 N–H and O–H groups in total. The number of nitrogens with one attached hydrogen (secondary N) is 1. The molecule has 0 aliphatic carbocycles. The van der Waals surface area contributed by atoms with Gasteiger partial charge in [-0.2, -0.15) is 0 Å². The monoisotopic (exact) mass is 297 g/mol. The summed E-state index contributed by atoms with van der Waals surface area (Å²) in [4.78, 5) is 11.3. The predicted octanol–water partition coefficient (Wildman–Crippen LogP) is 1.53. The molecule has 1 aromatic heterocycles. The molecule has 1 rings (SSSR count). The first-order valence-corrected chi connectivity index (χ1v) is 7.35. The molecule has 0 aliphatic rings. The maximum atomic E-state index is 11.9. The van der Waals surface area contributed by atoms with E-state index in [0.717, 1.165) is 11.3 Å². The van der Waals surface area contributed by atoms with Gasteiger partial charge in [-0.1, -0.05) is 11.6 Å². The highest BCUT2D eigenvalue weighted by Crippen LogP contribution is 2.30. The van der Waals surface area contributed by atoms with Crippen molar-refractivity contribution < 1.29 is 17.9 Å². The molecule has 0 aliphatic heterocycles. The van der Waals surface area contributed by atoms with E-state index in [1.807, 2.05) is 0 Å². The molecule has 8 heteroatoms. The van der Waals surface area contributed by atoms with E-state index in [1.54, 1.807) is 0 Å². The molecule has 17 heavy (non-hydrogen) atoms. The summed E-state index contributed by atoms with van der Waals surface area (Å²) in [6.07, 6.45) is 0. The minimum atomic E-state index is -3.70. The second-order valence-corrected chi connectivity index (χ2v) is 6.84. The van der Waals surface area contributed by atoms with Gasteiger partial charge >= 0.3 is 0 Å². The topological polar surface area (TPSA) is 72.5 Å². The van der Waals surface area contributed by atoms with Crippen LogP contribution in [-0.4, -0.2) is 34.5 Å². The van der Waals surface area contributed by atoms with Crippen LogP contribution in [-0.2, 0) is 14.8 Å². The van der Waals surface area contributed by atoms with Crippen molar-refractivity contribution in [3.05, 3.63) is 16.0 Å². The molecule has 0 amide bonds. The highest BCUT2D eigenvalue weighted by Gasteiger charge is 2.23. The number of halogens is 1. The lowest BCUT2D eigenvalue weighted by Crippen LogP contribution is -2.27. The number of carbonyl (C=O) groups excluding carboxylic acids is 1. The van der Waals surface area contributed by atoms with Crippen LogP contribution in [0.15, 0.2) is 10.3 Å². The lowest BCUT2D eigenvalue weighted by molar-refractivity contribution is 0.101. The standard InChI is InChI=1S/C9H12ClNO4S2/c1-6(12)7-5-8(10)16-9(7)17(13,14)11-3-4-15-2/h5,11H,3-4H2,1-2H3. The average Bonchev–Trinajstić information content (AvgIpc) is 2.61. The van der Waals surface area contributed by atoms with E-state index in [0.29, 0.717) is 0 Å². The van der Waals surface area contributed by atoms with Gasteiger partial charge in [0.05, 0.1) is 10.9 Å². The lowest BCUT2D eigenvalue weighted by Gasteiger charge is -2.05. The van der Waals surface area contributed by atoms with E-state index in [1.165, 1.54) is 20.1 Å². The maximum Gasteiger partial charge on any atom is 0.250 e. The third-order valence-corrected chi connectivity index (χ3v) is 5.15. The molecule has 0 saturated carbocycles. The van der Waals surface area contributed by atoms with E-state index < -0.39 is 10.0 Å². The Morgan fingerprint density at radius 3 is 2.76 bits per heavy atom. The second-order valence-electron chi connectivity index (χ2n) is 3.20. The lowest BCUT2D eigenvalue weighted by atomic mass is 10.2. The Bertz CT molecular complexity index is 509. The molecule has 0 unspecified atom stereocenters. The highest BCUT2D eigenvalue weighted by atomic mass is 35.5. The van der Waals surface area contributed by atoms with Gasteiger partial charge in [-0.3, -0.25) is 4.79 Å². The van der Waals surface area contributed by atoms with Gasteiger partial charge in [0.15, 0.2) is 5.78 Å². The zero-order valence-corrected chi connectivity index (χ0v) is 11.7. The Labute approximate surface area is 109 Å². The van der Waals surface area contributed by atoms with Gasteiger partial charge in [-0.15, -0.1) is 11.3 Å². The van der Waals surface area contributed by atoms with E-state index >= 15 is 0 Å². The summed E-state index contributed by atoms with van der Waals surface area (Å²) in [6.45, 7) is 1.70. The van der Waals surface area contributed by atoms with Gasteiger partial charge in [-0.25, -0.2) is 13.1 Å². The van der Waals surface area contributed by atoms with Crippen LogP contribution in [0.5, 0.6) is 0 Å². The van der Waals surface area contributed by atoms with Crippen molar-refractivity contribution >= 4 is 38.7 Å². The maximum absolute atomic E-state index is 11.9. The Morgan fingerprint density at radius 1 is 1.59 bits per heavy atom. The van der Waals surface area contributed by atoms with Gasteiger partial charge in [0, 0.05) is 19.2 Å². The number of Topliss-reactive ketones (excluding diaryl/α,β-unsaturated/α-hetero) is 1. The van der Waals surface area contributed by atoms with Crippen LogP contribution in [0.1, 0.15) is 17.3 Å². The molecule has 0 bridgehead atoms. The summed E-state index contributed by atoms with van der Waals surface area (Å²) < 4.78 is 31.0. The van der Waals surface area contributed by atoms with Crippen molar-refractivity contribution in [3.63, 3.8) is 0 Å². The van der Waals surface area contributed by atoms with Gasteiger partial charge < -0.3 is 4.74 Å². The number of methoxy groups -OCH3 is 1. The fourth-order valence-electron chi connectivity index (χ4n) is 1.13. The van der Waals surface area contributed by atoms with Crippen LogP contribution < -0.4 is 4.72 Å². The van der Waals surface area contributed by atoms with E-state index in [2.05, 4.69) is 4.72 Å². The third kappa shape index (κ3) is 3.75. The van der Waals surface area contributed by atoms with Crippen LogP contribution in [0.2, 0.25) is 4.34 Å². The highest BCUT2D eigenvalue weighted by molar-refractivity contribution is 7.91. The van der Waals surface area contributed by atoms with E-state index in [4.69, 9.17) is 16.3 Å². The second kappa shape index (κ2) is 5.92. The molecule has 0 aromatic carbocycles.